The van der Waals surface area contributed by atoms with E-state index in [0.29, 0.717) is 5.15 Å². The smallest absolute Gasteiger partial charge is 0.142 e. The molecule has 1 N–H and O–H groups in total. The molecule has 17 heavy (non-hydrogen) atoms. The van der Waals surface area contributed by atoms with Crippen molar-refractivity contribution in [2.24, 2.45) is 0 Å². The maximum absolute atomic E-state index is 5.82. The lowest BCUT2D eigenvalue weighted by Gasteiger charge is -2.11. The van der Waals surface area contributed by atoms with Gasteiger partial charge in [-0.05, 0) is 30.3 Å². The third-order valence-corrected chi connectivity index (χ3v) is 2.87. The van der Waals surface area contributed by atoms with E-state index in [-0.39, 0.29) is 0 Å². The van der Waals surface area contributed by atoms with Gasteiger partial charge in [-0.1, -0.05) is 27.5 Å². The molecular formula is C12H10BrClN2O. The second-order valence-electron chi connectivity index (χ2n) is 3.34. The number of aromatic nitrogens is 1. The van der Waals surface area contributed by atoms with Crippen LogP contribution in [0.4, 0.5) is 11.4 Å². The molecule has 5 heteroatoms. The van der Waals surface area contributed by atoms with Gasteiger partial charge in [0.05, 0.1) is 12.8 Å². The second kappa shape index (κ2) is 5.38. The summed E-state index contributed by atoms with van der Waals surface area (Å²) in [5.41, 5.74) is 1.73. The summed E-state index contributed by atoms with van der Waals surface area (Å²) in [6.07, 6.45) is 1.65. The van der Waals surface area contributed by atoms with Gasteiger partial charge in [-0.15, -0.1) is 0 Å². The Bertz CT molecular complexity index is 534. The van der Waals surface area contributed by atoms with Gasteiger partial charge in [-0.2, -0.15) is 0 Å². The third kappa shape index (κ3) is 3.11. The summed E-state index contributed by atoms with van der Waals surface area (Å²) in [6, 6.07) is 9.33. The Balaban J connectivity index is 2.32. The van der Waals surface area contributed by atoms with Gasteiger partial charge in [0.2, 0.25) is 0 Å². The van der Waals surface area contributed by atoms with Gasteiger partial charge in [-0.3, -0.25) is 0 Å². The molecule has 0 spiro atoms. The van der Waals surface area contributed by atoms with Gasteiger partial charge in [0, 0.05) is 16.4 Å². The molecule has 1 aromatic carbocycles. The van der Waals surface area contributed by atoms with Crippen LogP contribution in [0, 0.1) is 0 Å². The number of ether oxygens (including phenoxy) is 1. The number of methoxy groups -OCH3 is 1. The van der Waals surface area contributed by atoms with Gasteiger partial charge < -0.3 is 10.1 Å². The van der Waals surface area contributed by atoms with Gasteiger partial charge >= 0.3 is 0 Å². The third-order valence-electron chi connectivity index (χ3n) is 2.17. The molecule has 0 amide bonds. The number of hydrogen-bond donors (Lipinski definition) is 1. The fourth-order valence-corrected chi connectivity index (χ4v) is 1.95. The van der Waals surface area contributed by atoms with Crippen molar-refractivity contribution in [3.63, 3.8) is 0 Å². The first kappa shape index (κ1) is 12.2. The first-order chi connectivity index (χ1) is 8.19. The Morgan fingerprint density at radius 3 is 2.82 bits per heavy atom. The molecule has 1 heterocycles. The minimum absolute atomic E-state index is 0.448. The molecule has 0 aliphatic carbocycles. The Morgan fingerprint density at radius 2 is 2.12 bits per heavy atom. The Kier molecular flexibility index (Phi) is 3.86. The highest BCUT2D eigenvalue weighted by molar-refractivity contribution is 9.10. The molecule has 2 aromatic rings. The van der Waals surface area contributed by atoms with E-state index in [1.54, 1.807) is 19.4 Å². The molecule has 3 nitrogen and oxygen atoms in total. The Hall–Kier alpha value is -1.26. The van der Waals surface area contributed by atoms with Crippen molar-refractivity contribution >= 4 is 38.9 Å². The maximum Gasteiger partial charge on any atom is 0.142 e. The minimum Gasteiger partial charge on any atom is -0.495 e. The topological polar surface area (TPSA) is 34.1 Å². The van der Waals surface area contributed by atoms with Crippen LogP contribution in [0.2, 0.25) is 5.15 Å². The fourth-order valence-electron chi connectivity index (χ4n) is 1.41. The summed E-state index contributed by atoms with van der Waals surface area (Å²) >= 11 is 9.24. The number of nitrogens with one attached hydrogen (secondary N) is 1. The van der Waals surface area contributed by atoms with Crippen LogP contribution in [0.15, 0.2) is 41.0 Å². The predicted octanol–water partition coefficient (Wildman–Crippen LogP) is 4.25. The average Bonchev–Trinajstić information content (AvgIpc) is 2.29. The van der Waals surface area contributed by atoms with E-state index in [0.717, 1.165) is 21.6 Å². The van der Waals surface area contributed by atoms with Crippen LogP contribution in [0.1, 0.15) is 0 Å². The van der Waals surface area contributed by atoms with Crippen LogP contribution >= 0.6 is 27.5 Å². The fraction of sp³-hybridized carbons (Fsp3) is 0.0833. The van der Waals surface area contributed by atoms with Crippen molar-refractivity contribution in [3.8, 4) is 5.75 Å². The number of anilines is 2. The SMILES string of the molecule is COc1ccc(Br)cc1Nc1ccnc(Cl)c1. The molecule has 0 atom stereocenters. The van der Waals surface area contributed by atoms with Crippen LogP contribution in [-0.2, 0) is 0 Å². The molecular weight excluding hydrogens is 304 g/mol. The zero-order valence-corrected chi connectivity index (χ0v) is 11.4. The molecule has 0 saturated carbocycles. The lowest BCUT2D eigenvalue weighted by atomic mass is 10.2. The average molecular weight is 314 g/mol. The summed E-state index contributed by atoms with van der Waals surface area (Å²) in [4.78, 5) is 3.93. The van der Waals surface area contributed by atoms with E-state index in [1.807, 2.05) is 24.3 Å². The van der Waals surface area contributed by atoms with Crippen molar-refractivity contribution in [2.75, 3.05) is 12.4 Å². The molecule has 0 aliphatic rings. The number of rotatable bonds is 3. The molecule has 0 fully saturated rings. The molecule has 88 valence electrons. The van der Waals surface area contributed by atoms with Crippen molar-refractivity contribution in [2.45, 2.75) is 0 Å². The van der Waals surface area contributed by atoms with Crippen LogP contribution in [0.25, 0.3) is 0 Å². The molecule has 0 bridgehead atoms. The van der Waals surface area contributed by atoms with E-state index < -0.39 is 0 Å². The van der Waals surface area contributed by atoms with Crippen molar-refractivity contribution in [3.05, 3.63) is 46.2 Å². The summed E-state index contributed by atoms with van der Waals surface area (Å²) in [7, 11) is 1.63. The molecule has 0 aliphatic heterocycles. The Morgan fingerprint density at radius 1 is 1.29 bits per heavy atom. The van der Waals surface area contributed by atoms with E-state index >= 15 is 0 Å². The highest BCUT2D eigenvalue weighted by Crippen LogP contribution is 2.30. The van der Waals surface area contributed by atoms with Gasteiger partial charge in [0.15, 0.2) is 0 Å². The number of hydrogen-bond acceptors (Lipinski definition) is 3. The lowest BCUT2D eigenvalue weighted by Crippen LogP contribution is -1.94. The largest absolute Gasteiger partial charge is 0.495 e. The quantitative estimate of drug-likeness (QED) is 0.860. The van der Waals surface area contributed by atoms with Gasteiger partial charge in [-0.25, -0.2) is 4.98 Å². The van der Waals surface area contributed by atoms with Crippen LogP contribution in [-0.4, -0.2) is 12.1 Å². The number of pyridine rings is 1. The molecule has 0 saturated heterocycles. The number of nitrogens with zero attached hydrogens (tertiary/aromatic N) is 1. The predicted molar refractivity (Wildman–Crippen MR) is 73.2 cm³/mol. The van der Waals surface area contributed by atoms with Crippen molar-refractivity contribution in [1.29, 1.82) is 0 Å². The molecule has 1 aromatic heterocycles. The summed E-state index contributed by atoms with van der Waals surface area (Å²) in [6.45, 7) is 0. The monoisotopic (exact) mass is 312 g/mol. The minimum atomic E-state index is 0.448. The summed E-state index contributed by atoms with van der Waals surface area (Å²) in [5.74, 6) is 0.765. The lowest BCUT2D eigenvalue weighted by molar-refractivity contribution is 0.417. The number of benzene rings is 1. The van der Waals surface area contributed by atoms with E-state index in [9.17, 15) is 0 Å². The number of halogens is 2. The Labute approximate surface area is 113 Å². The highest BCUT2D eigenvalue weighted by Gasteiger charge is 2.04. The maximum atomic E-state index is 5.82. The zero-order valence-electron chi connectivity index (χ0n) is 9.08. The van der Waals surface area contributed by atoms with E-state index in [2.05, 4.69) is 26.2 Å². The zero-order chi connectivity index (χ0) is 12.3. The summed E-state index contributed by atoms with van der Waals surface area (Å²) in [5, 5.41) is 3.67. The van der Waals surface area contributed by atoms with Crippen LogP contribution < -0.4 is 10.1 Å². The standard InChI is InChI=1S/C12H10BrClN2O/c1-17-11-3-2-8(13)6-10(11)16-9-4-5-15-12(14)7-9/h2-7H,1H3,(H,15,16). The van der Waals surface area contributed by atoms with Gasteiger partial charge in [0.25, 0.3) is 0 Å². The highest BCUT2D eigenvalue weighted by atomic mass is 79.9. The van der Waals surface area contributed by atoms with Crippen molar-refractivity contribution < 1.29 is 4.74 Å². The first-order valence-electron chi connectivity index (χ1n) is 4.91. The van der Waals surface area contributed by atoms with Crippen molar-refractivity contribution in [1.82, 2.24) is 4.98 Å². The summed E-state index contributed by atoms with van der Waals surface area (Å²) < 4.78 is 6.24. The van der Waals surface area contributed by atoms with E-state index in [1.165, 1.54) is 0 Å². The molecule has 0 radical (unpaired) electrons. The molecule has 2 rings (SSSR count). The van der Waals surface area contributed by atoms with Gasteiger partial charge in [0.1, 0.15) is 10.9 Å². The first-order valence-corrected chi connectivity index (χ1v) is 6.08. The van der Waals surface area contributed by atoms with Crippen LogP contribution in [0.5, 0.6) is 5.75 Å². The second-order valence-corrected chi connectivity index (χ2v) is 4.64. The normalized spacial score (nSPS) is 10.1. The van der Waals surface area contributed by atoms with Crippen LogP contribution in [0.3, 0.4) is 0 Å². The molecule has 0 unspecified atom stereocenters. The van der Waals surface area contributed by atoms with E-state index in [4.69, 9.17) is 16.3 Å².